The van der Waals surface area contributed by atoms with Crippen LogP contribution in [0.1, 0.15) is 30.7 Å². The minimum atomic E-state index is -0.786. The molecule has 1 aliphatic heterocycles. The standard InChI is InChI=1S/C16H20N4O2S/c1-10(14(21)19-16(17)22)20-8-6-11(7-9-20)15-18-12-4-2-3-5-13(12)23-15/h2-5,10-11H,6-9H2,1H3,(H3,17,19,21,22)/p+1/t10-/m1/s1. The van der Waals surface area contributed by atoms with Crippen molar-refractivity contribution in [3.8, 4) is 0 Å². The number of likely N-dealkylation sites (tertiary alicyclic amines) is 1. The summed E-state index contributed by atoms with van der Waals surface area (Å²) >= 11 is 1.77. The van der Waals surface area contributed by atoms with Crippen molar-refractivity contribution < 1.29 is 14.5 Å². The van der Waals surface area contributed by atoms with E-state index >= 15 is 0 Å². The molecule has 0 saturated carbocycles. The molecule has 1 aromatic carbocycles. The number of fused-ring (bicyclic) bond motifs is 1. The summed E-state index contributed by atoms with van der Waals surface area (Å²) in [6.45, 7) is 3.63. The molecule has 0 radical (unpaired) electrons. The lowest BCUT2D eigenvalue weighted by Gasteiger charge is -2.31. The van der Waals surface area contributed by atoms with Gasteiger partial charge in [0, 0.05) is 18.8 Å². The highest BCUT2D eigenvalue weighted by atomic mass is 32.1. The molecule has 0 spiro atoms. The minimum absolute atomic E-state index is 0.265. The van der Waals surface area contributed by atoms with Crippen LogP contribution in [-0.4, -0.2) is 36.1 Å². The number of nitrogens with one attached hydrogen (secondary N) is 2. The zero-order chi connectivity index (χ0) is 16.4. The Morgan fingerprint density at radius 1 is 1.35 bits per heavy atom. The topological polar surface area (TPSA) is 89.5 Å². The molecule has 3 amide bonds. The van der Waals surface area contributed by atoms with Crippen LogP contribution in [0.2, 0.25) is 0 Å². The highest BCUT2D eigenvalue weighted by Gasteiger charge is 2.32. The zero-order valence-corrected chi connectivity index (χ0v) is 13.9. The molecule has 6 nitrogen and oxygen atoms in total. The third-order valence-corrected chi connectivity index (χ3v) is 5.74. The largest absolute Gasteiger partial charge is 0.351 e. The lowest BCUT2D eigenvalue weighted by molar-refractivity contribution is -0.919. The number of urea groups is 1. The number of hydrogen-bond acceptors (Lipinski definition) is 4. The van der Waals surface area contributed by atoms with Crippen molar-refractivity contribution in [3.63, 3.8) is 0 Å². The number of amides is 3. The van der Waals surface area contributed by atoms with Gasteiger partial charge in [-0.25, -0.2) is 9.78 Å². The third-order valence-electron chi connectivity index (χ3n) is 4.54. The van der Waals surface area contributed by atoms with E-state index in [1.54, 1.807) is 11.3 Å². The van der Waals surface area contributed by atoms with Gasteiger partial charge in [0.05, 0.1) is 28.3 Å². The average Bonchev–Trinajstić information content (AvgIpc) is 2.97. The molecule has 2 aromatic rings. The number of nitrogens with zero attached hydrogens (tertiary/aromatic N) is 1. The second-order valence-electron chi connectivity index (χ2n) is 6.03. The smallest absolute Gasteiger partial charge is 0.319 e. The zero-order valence-electron chi connectivity index (χ0n) is 13.0. The molecule has 1 saturated heterocycles. The number of para-hydroxylation sites is 1. The quantitative estimate of drug-likeness (QED) is 0.770. The van der Waals surface area contributed by atoms with Crippen molar-refractivity contribution in [2.24, 2.45) is 5.73 Å². The maximum atomic E-state index is 11.9. The molecule has 0 unspecified atom stereocenters. The average molecular weight is 333 g/mol. The Morgan fingerprint density at radius 2 is 2.04 bits per heavy atom. The molecule has 122 valence electrons. The van der Waals surface area contributed by atoms with Crippen molar-refractivity contribution in [2.75, 3.05) is 13.1 Å². The molecule has 1 aromatic heterocycles. The summed E-state index contributed by atoms with van der Waals surface area (Å²) in [5.74, 6) is 0.161. The van der Waals surface area contributed by atoms with Crippen LogP contribution in [0.3, 0.4) is 0 Å². The van der Waals surface area contributed by atoms with E-state index in [4.69, 9.17) is 10.7 Å². The SMILES string of the molecule is C[C@H](C(=O)NC(N)=O)[NH+]1CCC(c2nc3ccccc3s2)CC1. The minimum Gasteiger partial charge on any atom is -0.351 e. The van der Waals surface area contributed by atoms with Gasteiger partial charge in [-0.1, -0.05) is 12.1 Å². The fourth-order valence-corrected chi connectivity index (χ4v) is 4.28. The van der Waals surface area contributed by atoms with Gasteiger partial charge in [0.15, 0.2) is 6.04 Å². The molecular weight excluding hydrogens is 312 g/mol. The first kappa shape index (κ1) is 15.9. The molecule has 0 aliphatic carbocycles. The highest BCUT2D eigenvalue weighted by Crippen LogP contribution is 2.31. The molecular formula is C16H21N4O2S+. The molecule has 23 heavy (non-hydrogen) atoms. The second kappa shape index (κ2) is 6.64. The summed E-state index contributed by atoms with van der Waals surface area (Å²) in [4.78, 5) is 28.6. The van der Waals surface area contributed by atoms with Gasteiger partial charge in [-0.3, -0.25) is 10.1 Å². The number of carbonyl (C=O) groups excluding carboxylic acids is 2. The van der Waals surface area contributed by atoms with Gasteiger partial charge in [-0.15, -0.1) is 11.3 Å². The van der Waals surface area contributed by atoms with E-state index in [0.29, 0.717) is 5.92 Å². The number of piperidine rings is 1. The summed E-state index contributed by atoms with van der Waals surface area (Å²) in [5, 5.41) is 3.36. The first-order chi connectivity index (χ1) is 11.0. The van der Waals surface area contributed by atoms with Crippen LogP contribution < -0.4 is 16.0 Å². The van der Waals surface area contributed by atoms with Crippen LogP contribution in [0, 0.1) is 0 Å². The van der Waals surface area contributed by atoms with Crippen molar-refractivity contribution in [1.29, 1.82) is 0 Å². The Hall–Kier alpha value is -1.99. The number of thiazole rings is 1. The number of imide groups is 1. The number of primary amides is 1. The van der Waals surface area contributed by atoms with E-state index in [0.717, 1.165) is 31.4 Å². The van der Waals surface area contributed by atoms with Crippen LogP contribution in [0.25, 0.3) is 10.2 Å². The van der Waals surface area contributed by atoms with Gasteiger partial charge in [-0.2, -0.15) is 0 Å². The number of rotatable bonds is 3. The molecule has 1 aliphatic rings. The van der Waals surface area contributed by atoms with Crippen LogP contribution in [0.4, 0.5) is 4.79 Å². The monoisotopic (exact) mass is 333 g/mol. The summed E-state index contributed by atoms with van der Waals surface area (Å²) in [7, 11) is 0. The molecule has 2 heterocycles. The van der Waals surface area contributed by atoms with E-state index in [1.165, 1.54) is 14.6 Å². The van der Waals surface area contributed by atoms with E-state index in [9.17, 15) is 9.59 Å². The summed E-state index contributed by atoms with van der Waals surface area (Å²) in [6, 6.07) is 7.15. The van der Waals surface area contributed by atoms with Crippen molar-refractivity contribution >= 4 is 33.5 Å². The summed E-state index contributed by atoms with van der Waals surface area (Å²) in [5.41, 5.74) is 6.07. The predicted molar refractivity (Wildman–Crippen MR) is 89.5 cm³/mol. The summed E-state index contributed by atoms with van der Waals surface area (Å²) in [6.07, 6.45) is 2.01. The fraction of sp³-hybridized carbons (Fsp3) is 0.438. The third kappa shape index (κ3) is 3.51. The van der Waals surface area contributed by atoms with Crippen molar-refractivity contribution in [1.82, 2.24) is 10.3 Å². The number of quaternary nitrogens is 1. The normalized spacial score (nSPS) is 22.7. The Labute approximate surface area is 138 Å². The first-order valence-electron chi connectivity index (χ1n) is 7.85. The van der Waals surface area contributed by atoms with Gasteiger partial charge in [0.25, 0.3) is 5.91 Å². The van der Waals surface area contributed by atoms with Crippen molar-refractivity contribution in [2.45, 2.75) is 31.7 Å². The fourth-order valence-electron chi connectivity index (χ4n) is 3.15. The molecule has 7 heteroatoms. The van der Waals surface area contributed by atoms with Gasteiger partial charge in [0.1, 0.15) is 0 Å². The molecule has 4 N–H and O–H groups in total. The van der Waals surface area contributed by atoms with Gasteiger partial charge >= 0.3 is 6.03 Å². The van der Waals surface area contributed by atoms with Crippen LogP contribution in [0.15, 0.2) is 24.3 Å². The molecule has 1 fully saturated rings. The van der Waals surface area contributed by atoms with E-state index < -0.39 is 6.03 Å². The molecule has 3 rings (SSSR count). The van der Waals surface area contributed by atoms with Crippen LogP contribution in [0.5, 0.6) is 0 Å². The highest BCUT2D eigenvalue weighted by molar-refractivity contribution is 7.18. The Balaban J connectivity index is 1.61. The lowest BCUT2D eigenvalue weighted by atomic mass is 9.96. The van der Waals surface area contributed by atoms with Crippen LogP contribution in [-0.2, 0) is 4.79 Å². The van der Waals surface area contributed by atoms with E-state index in [2.05, 4.69) is 11.4 Å². The number of nitrogens with two attached hydrogens (primary N) is 1. The predicted octanol–water partition coefficient (Wildman–Crippen LogP) is 0.642. The lowest BCUT2D eigenvalue weighted by Crippen LogP contribution is -3.17. The number of carbonyl (C=O) groups is 2. The van der Waals surface area contributed by atoms with Gasteiger partial charge < -0.3 is 10.6 Å². The van der Waals surface area contributed by atoms with Gasteiger partial charge in [-0.05, 0) is 19.1 Å². The Kier molecular flexibility index (Phi) is 4.58. The number of aromatic nitrogens is 1. The Bertz CT molecular complexity index is 689. The number of hydrogen-bond donors (Lipinski definition) is 3. The maximum Gasteiger partial charge on any atom is 0.319 e. The van der Waals surface area contributed by atoms with Crippen LogP contribution >= 0.6 is 11.3 Å². The molecule has 1 atom stereocenters. The molecule has 0 bridgehead atoms. The number of benzene rings is 1. The van der Waals surface area contributed by atoms with E-state index in [1.807, 2.05) is 25.1 Å². The Morgan fingerprint density at radius 3 is 2.70 bits per heavy atom. The second-order valence-corrected chi connectivity index (χ2v) is 7.09. The maximum absolute atomic E-state index is 11.9. The van der Waals surface area contributed by atoms with E-state index in [-0.39, 0.29) is 11.9 Å². The summed E-state index contributed by atoms with van der Waals surface area (Å²) < 4.78 is 1.23. The first-order valence-corrected chi connectivity index (χ1v) is 8.66. The van der Waals surface area contributed by atoms with Gasteiger partial charge in [0.2, 0.25) is 0 Å². The van der Waals surface area contributed by atoms with Crippen molar-refractivity contribution in [3.05, 3.63) is 29.3 Å².